The number of nitrogens with zero attached hydrogens (tertiary/aromatic N) is 1. The molecule has 1 fully saturated rings. The summed E-state index contributed by atoms with van der Waals surface area (Å²) < 4.78 is 5.24. The van der Waals surface area contributed by atoms with Gasteiger partial charge in [0.25, 0.3) is 5.91 Å². The van der Waals surface area contributed by atoms with Crippen molar-refractivity contribution < 1.29 is 19.4 Å². The zero-order valence-electron chi connectivity index (χ0n) is 22.1. The highest BCUT2D eigenvalue weighted by molar-refractivity contribution is 5.94. The summed E-state index contributed by atoms with van der Waals surface area (Å²) in [6.45, 7) is 1.32. The van der Waals surface area contributed by atoms with Gasteiger partial charge in [-0.2, -0.15) is 0 Å². The van der Waals surface area contributed by atoms with Crippen molar-refractivity contribution in [1.82, 2.24) is 10.2 Å². The molecule has 3 aromatic carbocycles. The molecule has 3 atom stereocenters. The standard InChI is InChI=1S/C32H38N2O4/c1-38-21-20-34(32(37)27-12-6-3-7-13-27)22-24-16-18-25(19-17-24)28-14-8-9-15-29(28)31(36)33-30(23-35)26-10-4-2-5-11-26/h2-7,10-13,16-19,28-30,35H,8-9,14-15,20-23H2,1H3,(H,33,36). The first-order valence-electron chi connectivity index (χ1n) is 13.5. The molecule has 6 heteroatoms. The minimum Gasteiger partial charge on any atom is -0.394 e. The summed E-state index contributed by atoms with van der Waals surface area (Å²) in [6.07, 6.45) is 3.91. The molecule has 0 spiro atoms. The van der Waals surface area contributed by atoms with Crippen molar-refractivity contribution in [2.45, 2.75) is 44.2 Å². The fourth-order valence-corrected chi connectivity index (χ4v) is 5.35. The third-order valence-electron chi connectivity index (χ3n) is 7.46. The van der Waals surface area contributed by atoms with Crippen LogP contribution in [-0.2, 0) is 16.1 Å². The van der Waals surface area contributed by atoms with Crippen LogP contribution in [0.4, 0.5) is 0 Å². The van der Waals surface area contributed by atoms with Crippen LogP contribution >= 0.6 is 0 Å². The minimum absolute atomic E-state index is 0.000813. The van der Waals surface area contributed by atoms with Crippen LogP contribution in [0.1, 0.15) is 64.7 Å². The Kier molecular flexibility index (Phi) is 10.1. The van der Waals surface area contributed by atoms with E-state index in [0.29, 0.717) is 25.3 Å². The molecule has 200 valence electrons. The maximum atomic E-state index is 13.4. The van der Waals surface area contributed by atoms with Gasteiger partial charge in [-0.1, -0.05) is 85.6 Å². The first kappa shape index (κ1) is 27.6. The number of hydrogen-bond acceptors (Lipinski definition) is 4. The van der Waals surface area contributed by atoms with Crippen LogP contribution in [0.3, 0.4) is 0 Å². The fraction of sp³-hybridized carbons (Fsp3) is 0.375. The lowest BCUT2D eigenvalue weighted by molar-refractivity contribution is -0.127. The van der Waals surface area contributed by atoms with Gasteiger partial charge in [0.05, 0.1) is 19.3 Å². The summed E-state index contributed by atoms with van der Waals surface area (Å²) in [6, 6.07) is 26.9. The highest BCUT2D eigenvalue weighted by atomic mass is 16.5. The first-order valence-corrected chi connectivity index (χ1v) is 13.5. The van der Waals surface area contributed by atoms with Gasteiger partial charge >= 0.3 is 0 Å². The van der Waals surface area contributed by atoms with E-state index in [4.69, 9.17) is 4.74 Å². The Morgan fingerprint density at radius 1 is 0.947 bits per heavy atom. The number of methoxy groups -OCH3 is 1. The Hall–Kier alpha value is -3.48. The van der Waals surface area contributed by atoms with Crippen molar-refractivity contribution >= 4 is 11.8 Å². The number of aliphatic hydroxyl groups is 1. The molecular formula is C32H38N2O4. The topological polar surface area (TPSA) is 78.9 Å². The number of benzene rings is 3. The van der Waals surface area contributed by atoms with E-state index in [1.807, 2.05) is 65.6 Å². The van der Waals surface area contributed by atoms with Crippen LogP contribution < -0.4 is 5.32 Å². The molecule has 1 saturated carbocycles. The molecule has 1 aliphatic carbocycles. The molecule has 0 saturated heterocycles. The molecule has 0 radical (unpaired) electrons. The third-order valence-corrected chi connectivity index (χ3v) is 7.46. The number of rotatable bonds is 11. The lowest BCUT2D eigenvalue weighted by Crippen LogP contribution is -2.39. The van der Waals surface area contributed by atoms with Crippen LogP contribution in [-0.4, -0.2) is 48.7 Å². The monoisotopic (exact) mass is 514 g/mol. The Morgan fingerprint density at radius 3 is 2.26 bits per heavy atom. The second-order valence-corrected chi connectivity index (χ2v) is 9.98. The zero-order valence-corrected chi connectivity index (χ0v) is 22.1. The zero-order chi connectivity index (χ0) is 26.7. The Balaban J connectivity index is 1.45. The molecule has 3 aromatic rings. The van der Waals surface area contributed by atoms with Gasteiger partial charge in [0.2, 0.25) is 5.91 Å². The second kappa shape index (κ2) is 13.9. The molecule has 2 amide bonds. The number of nitrogens with one attached hydrogen (secondary N) is 1. The van der Waals surface area contributed by atoms with Gasteiger partial charge in [-0.25, -0.2) is 0 Å². The van der Waals surface area contributed by atoms with Crippen molar-refractivity contribution in [2.24, 2.45) is 5.92 Å². The van der Waals surface area contributed by atoms with Crippen LogP contribution in [0.25, 0.3) is 0 Å². The third kappa shape index (κ3) is 7.09. The van der Waals surface area contributed by atoms with Gasteiger partial charge in [-0.3, -0.25) is 9.59 Å². The lowest BCUT2D eigenvalue weighted by Gasteiger charge is -2.32. The fourth-order valence-electron chi connectivity index (χ4n) is 5.35. The van der Waals surface area contributed by atoms with Crippen LogP contribution in [0.5, 0.6) is 0 Å². The summed E-state index contributed by atoms with van der Waals surface area (Å²) in [5, 5.41) is 13.0. The van der Waals surface area contributed by atoms with Gasteiger partial charge in [-0.05, 0) is 47.6 Å². The number of aliphatic hydroxyl groups excluding tert-OH is 1. The predicted molar refractivity (Wildman–Crippen MR) is 149 cm³/mol. The van der Waals surface area contributed by atoms with Gasteiger partial charge in [0, 0.05) is 31.7 Å². The Morgan fingerprint density at radius 2 is 1.61 bits per heavy atom. The first-order chi connectivity index (χ1) is 18.6. The van der Waals surface area contributed by atoms with Gasteiger partial charge in [0.15, 0.2) is 0 Å². The molecule has 0 aliphatic heterocycles. The van der Waals surface area contributed by atoms with E-state index in [9.17, 15) is 14.7 Å². The molecular weight excluding hydrogens is 476 g/mol. The molecule has 1 aliphatic rings. The summed E-state index contributed by atoms with van der Waals surface area (Å²) >= 11 is 0. The number of hydrogen-bond donors (Lipinski definition) is 2. The highest BCUT2D eigenvalue weighted by Gasteiger charge is 2.33. The second-order valence-electron chi connectivity index (χ2n) is 9.98. The Bertz CT molecular complexity index is 1150. The van der Waals surface area contributed by atoms with E-state index in [1.165, 1.54) is 0 Å². The largest absolute Gasteiger partial charge is 0.394 e. The van der Waals surface area contributed by atoms with E-state index >= 15 is 0 Å². The average Bonchev–Trinajstić information content (AvgIpc) is 2.98. The summed E-state index contributed by atoms with van der Waals surface area (Å²) in [5.41, 5.74) is 3.75. The van der Waals surface area contributed by atoms with Crippen molar-refractivity contribution in [3.05, 3.63) is 107 Å². The number of amides is 2. The predicted octanol–water partition coefficient (Wildman–Crippen LogP) is 5.10. The molecule has 0 heterocycles. The minimum atomic E-state index is -0.408. The SMILES string of the molecule is COCCN(Cc1ccc(C2CCCCC2C(=O)NC(CO)c2ccccc2)cc1)C(=O)c1ccccc1. The van der Waals surface area contributed by atoms with Crippen molar-refractivity contribution in [3.63, 3.8) is 0 Å². The maximum Gasteiger partial charge on any atom is 0.254 e. The molecule has 4 rings (SSSR count). The average molecular weight is 515 g/mol. The van der Waals surface area contributed by atoms with Crippen LogP contribution in [0, 0.1) is 5.92 Å². The van der Waals surface area contributed by atoms with Crippen molar-refractivity contribution in [1.29, 1.82) is 0 Å². The molecule has 2 N–H and O–H groups in total. The van der Waals surface area contributed by atoms with Gasteiger partial charge in [-0.15, -0.1) is 0 Å². The van der Waals surface area contributed by atoms with E-state index in [1.54, 1.807) is 7.11 Å². The smallest absolute Gasteiger partial charge is 0.254 e. The molecule has 38 heavy (non-hydrogen) atoms. The molecule has 0 bridgehead atoms. The number of ether oxygens (including phenoxy) is 1. The number of carbonyl (C=O) groups is 2. The summed E-state index contributed by atoms with van der Waals surface area (Å²) in [4.78, 5) is 28.3. The van der Waals surface area contributed by atoms with E-state index < -0.39 is 6.04 Å². The van der Waals surface area contributed by atoms with Gasteiger partial charge in [0.1, 0.15) is 0 Å². The summed E-state index contributed by atoms with van der Waals surface area (Å²) in [5.74, 6) is -0.0258. The summed E-state index contributed by atoms with van der Waals surface area (Å²) in [7, 11) is 1.64. The van der Waals surface area contributed by atoms with Crippen molar-refractivity contribution in [3.8, 4) is 0 Å². The van der Waals surface area contributed by atoms with E-state index in [-0.39, 0.29) is 30.3 Å². The van der Waals surface area contributed by atoms with E-state index in [0.717, 1.165) is 42.4 Å². The highest BCUT2D eigenvalue weighted by Crippen LogP contribution is 2.38. The maximum absolute atomic E-state index is 13.4. The van der Waals surface area contributed by atoms with E-state index in [2.05, 4.69) is 29.6 Å². The molecule has 0 aromatic heterocycles. The molecule has 3 unspecified atom stereocenters. The normalized spacial score (nSPS) is 17.9. The molecule has 6 nitrogen and oxygen atoms in total. The van der Waals surface area contributed by atoms with Crippen LogP contribution in [0.15, 0.2) is 84.9 Å². The van der Waals surface area contributed by atoms with Crippen LogP contribution in [0.2, 0.25) is 0 Å². The lowest BCUT2D eigenvalue weighted by atomic mass is 9.74. The van der Waals surface area contributed by atoms with Gasteiger partial charge < -0.3 is 20.1 Å². The number of carbonyl (C=O) groups excluding carboxylic acids is 2. The quantitative estimate of drug-likeness (QED) is 0.373. The van der Waals surface area contributed by atoms with Crippen molar-refractivity contribution in [2.75, 3.05) is 26.9 Å². The Labute approximate surface area is 225 Å².